The van der Waals surface area contributed by atoms with Gasteiger partial charge in [-0.3, -0.25) is 0 Å². The maximum atomic E-state index is 14.8. The van der Waals surface area contributed by atoms with Crippen molar-refractivity contribution in [1.29, 1.82) is 0 Å². The molecule has 216 valence electrons. The molecule has 0 fully saturated rings. The number of alkyl halides is 3. The van der Waals surface area contributed by atoms with Gasteiger partial charge in [-0.1, -0.05) is 18.9 Å². The van der Waals surface area contributed by atoms with Gasteiger partial charge in [0.25, 0.3) is 0 Å². The summed E-state index contributed by atoms with van der Waals surface area (Å²) < 4.78 is 64.9. The van der Waals surface area contributed by atoms with Gasteiger partial charge in [0.15, 0.2) is 0 Å². The van der Waals surface area contributed by atoms with Crippen LogP contribution in [0.25, 0.3) is 11.1 Å². The molecule has 3 rings (SSSR count). The van der Waals surface area contributed by atoms with E-state index in [2.05, 4.69) is 11.9 Å². The topological polar surface area (TPSA) is 23.5 Å². The number of aromatic hydroxyl groups is 1. The van der Waals surface area contributed by atoms with E-state index in [9.17, 15) is 27.1 Å². The van der Waals surface area contributed by atoms with Crippen LogP contribution in [0.15, 0.2) is 36.4 Å². The zero-order valence-corrected chi connectivity index (χ0v) is 23.6. The van der Waals surface area contributed by atoms with E-state index in [0.717, 1.165) is 105 Å². The number of aryl methyl sites for hydroxylation is 1. The third kappa shape index (κ3) is 10.8. The Morgan fingerprint density at radius 3 is 2.31 bits per heavy atom. The van der Waals surface area contributed by atoms with Gasteiger partial charge in [-0.15, -0.1) is 0 Å². The number of halogens is 5. The minimum absolute atomic E-state index is 0.143. The van der Waals surface area contributed by atoms with Crippen LogP contribution in [0.1, 0.15) is 80.9 Å². The van der Waals surface area contributed by atoms with Gasteiger partial charge in [0.1, 0.15) is 17.4 Å². The Bertz CT molecular complexity index is 1090. The highest BCUT2D eigenvalue weighted by Gasteiger charge is 2.26. The maximum Gasteiger partial charge on any atom is 0.389 e. The molecule has 0 atom stereocenters. The average molecular weight is 570 g/mol. The molecule has 0 bridgehead atoms. The van der Waals surface area contributed by atoms with E-state index in [-0.39, 0.29) is 11.5 Å². The van der Waals surface area contributed by atoms with E-state index < -0.39 is 24.2 Å². The van der Waals surface area contributed by atoms with Gasteiger partial charge in [-0.2, -0.15) is 24.9 Å². The van der Waals surface area contributed by atoms with Crippen LogP contribution in [-0.2, 0) is 6.42 Å². The van der Waals surface area contributed by atoms with Crippen molar-refractivity contribution in [3.8, 4) is 5.75 Å². The molecule has 1 N–H and O–H groups in total. The number of phenolic OH excluding ortho intramolecular Hbond substituents is 1. The smallest absolute Gasteiger partial charge is 0.389 e. The molecule has 0 spiro atoms. The lowest BCUT2D eigenvalue weighted by Gasteiger charge is -2.18. The van der Waals surface area contributed by atoms with Crippen LogP contribution in [0.2, 0.25) is 0 Å². The normalized spacial score (nSPS) is 14.1. The van der Waals surface area contributed by atoms with Gasteiger partial charge in [0.05, 0.1) is 6.42 Å². The number of benzene rings is 2. The quantitative estimate of drug-likeness (QED) is 0.171. The second-order valence-corrected chi connectivity index (χ2v) is 11.7. The Morgan fingerprint density at radius 2 is 1.56 bits per heavy atom. The van der Waals surface area contributed by atoms with Crippen LogP contribution in [0.4, 0.5) is 22.0 Å². The molecule has 0 unspecified atom stereocenters. The zero-order chi connectivity index (χ0) is 28.3. The van der Waals surface area contributed by atoms with Crippen LogP contribution >= 0.6 is 11.8 Å². The van der Waals surface area contributed by atoms with Gasteiger partial charge in [-0.25, -0.2) is 8.78 Å². The molecule has 2 aromatic carbocycles. The highest BCUT2D eigenvalue weighted by Crippen LogP contribution is 2.40. The summed E-state index contributed by atoms with van der Waals surface area (Å²) in [6.45, 7) is 1.93. The number of rotatable bonds is 15. The number of hydrogen-bond donors (Lipinski definition) is 1. The third-order valence-corrected chi connectivity index (χ3v) is 8.30. The molecule has 0 amide bonds. The number of nitrogens with zero attached hydrogens (tertiary/aromatic N) is 1. The summed E-state index contributed by atoms with van der Waals surface area (Å²) >= 11 is 1.38. The summed E-state index contributed by atoms with van der Waals surface area (Å²) in [6, 6.07) is 9.22. The second-order valence-electron chi connectivity index (χ2n) is 10.4. The van der Waals surface area contributed by atoms with E-state index in [1.807, 2.05) is 6.07 Å². The zero-order valence-electron chi connectivity index (χ0n) is 22.8. The molecule has 1 aliphatic carbocycles. The number of fused-ring (bicyclic) bond motifs is 1. The van der Waals surface area contributed by atoms with E-state index in [0.29, 0.717) is 12.0 Å². The molecule has 0 aromatic heterocycles. The molecule has 0 saturated carbocycles. The fourth-order valence-electron chi connectivity index (χ4n) is 5.19. The molecule has 8 heteroatoms. The van der Waals surface area contributed by atoms with Crippen molar-refractivity contribution >= 4 is 22.9 Å². The SMILES string of the molecule is CN(CCCCCCC1=C(c2ccc(F)cc2F)CCCc2cc(O)ccc21)CCCCSCCC(F)(F)F. The van der Waals surface area contributed by atoms with E-state index in [1.54, 1.807) is 18.2 Å². The first-order chi connectivity index (χ1) is 18.6. The summed E-state index contributed by atoms with van der Waals surface area (Å²) in [6.07, 6.45) is 4.44. The van der Waals surface area contributed by atoms with Crippen molar-refractivity contribution in [1.82, 2.24) is 4.90 Å². The minimum atomic E-state index is -4.06. The summed E-state index contributed by atoms with van der Waals surface area (Å²) in [4.78, 5) is 2.28. The van der Waals surface area contributed by atoms with Gasteiger partial charge in [-0.05, 0) is 124 Å². The molecule has 1 aliphatic rings. The summed E-state index contributed by atoms with van der Waals surface area (Å²) in [5.74, 6) is 0.0281. The molecule has 0 heterocycles. The van der Waals surface area contributed by atoms with Crippen molar-refractivity contribution in [2.75, 3.05) is 31.6 Å². The van der Waals surface area contributed by atoms with Crippen LogP contribution < -0.4 is 0 Å². The lowest BCUT2D eigenvalue weighted by Crippen LogP contribution is -2.21. The number of phenols is 1. The summed E-state index contributed by atoms with van der Waals surface area (Å²) in [5.41, 5.74) is 4.63. The van der Waals surface area contributed by atoms with E-state index in [1.165, 1.54) is 17.8 Å². The lowest BCUT2D eigenvalue weighted by molar-refractivity contribution is -0.129. The molecule has 0 aliphatic heterocycles. The predicted molar refractivity (Wildman–Crippen MR) is 152 cm³/mol. The number of allylic oxidation sites excluding steroid dienone is 2. The molecule has 0 saturated heterocycles. The van der Waals surface area contributed by atoms with Crippen molar-refractivity contribution in [2.45, 2.75) is 76.8 Å². The highest BCUT2D eigenvalue weighted by molar-refractivity contribution is 7.99. The molecular weight excluding hydrogens is 529 g/mol. The van der Waals surface area contributed by atoms with Crippen LogP contribution in [0.5, 0.6) is 5.75 Å². The van der Waals surface area contributed by atoms with Crippen LogP contribution in [0.3, 0.4) is 0 Å². The first kappa shape index (κ1) is 31.5. The first-order valence-corrected chi connectivity index (χ1v) is 15.1. The molecule has 2 aromatic rings. The van der Waals surface area contributed by atoms with E-state index >= 15 is 0 Å². The standard InChI is InChI=1S/C31H40F5NOS/c1-37(18-6-7-19-39-20-16-31(34,35)36)17-5-3-2-4-10-27-26-15-13-25(38)21-23(26)9-8-11-28(27)29-14-12-24(32)22-30(29)33/h12-15,21-22,38H,2-11,16-20H2,1H3. The highest BCUT2D eigenvalue weighted by atomic mass is 32.2. The second kappa shape index (κ2) is 15.7. The predicted octanol–water partition coefficient (Wildman–Crippen LogP) is 9.27. The Labute approximate surface area is 233 Å². The summed E-state index contributed by atoms with van der Waals surface area (Å²) in [7, 11) is 2.09. The van der Waals surface area contributed by atoms with Gasteiger partial charge in [0.2, 0.25) is 0 Å². The fourth-order valence-corrected chi connectivity index (χ4v) is 6.18. The van der Waals surface area contributed by atoms with Crippen molar-refractivity contribution in [3.05, 3.63) is 64.7 Å². The Hall–Kier alpha value is -2.06. The van der Waals surface area contributed by atoms with Gasteiger partial charge < -0.3 is 10.0 Å². The van der Waals surface area contributed by atoms with Crippen molar-refractivity contribution < 1.29 is 27.1 Å². The Balaban J connectivity index is 1.46. The van der Waals surface area contributed by atoms with Crippen LogP contribution in [-0.4, -0.2) is 47.8 Å². The molecule has 39 heavy (non-hydrogen) atoms. The maximum absolute atomic E-state index is 14.8. The van der Waals surface area contributed by atoms with Crippen molar-refractivity contribution in [3.63, 3.8) is 0 Å². The summed E-state index contributed by atoms with van der Waals surface area (Å²) in [5, 5.41) is 10.0. The lowest BCUT2D eigenvalue weighted by atomic mass is 9.88. The third-order valence-electron chi connectivity index (χ3n) is 7.23. The monoisotopic (exact) mass is 569 g/mol. The molecule has 2 nitrogen and oxygen atoms in total. The molecule has 0 radical (unpaired) electrons. The van der Waals surface area contributed by atoms with Gasteiger partial charge >= 0.3 is 6.18 Å². The first-order valence-electron chi connectivity index (χ1n) is 14.0. The minimum Gasteiger partial charge on any atom is -0.508 e. The molecular formula is C31H40F5NOS. The van der Waals surface area contributed by atoms with Crippen LogP contribution in [0, 0.1) is 11.6 Å². The van der Waals surface area contributed by atoms with Crippen molar-refractivity contribution in [2.24, 2.45) is 0 Å². The number of unbranched alkanes of at least 4 members (excludes halogenated alkanes) is 4. The van der Waals surface area contributed by atoms with E-state index in [4.69, 9.17) is 0 Å². The number of hydrogen-bond acceptors (Lipinski definition) is 3. The Morgan fingerprint density at radius 1 is 0.846 bits per heavy atom. The largest absolute Gasteiger partial charge is 0.508 e. The fraction of sp³-hybridized carbons (Fsp3) is 0.548. The Kier molecular flexibility index (Phi) is 12.6. The van der Waals surface area contributed by atoms with Gasteiger partial charge in [0, 0.05) is 17.4 Å². The number of thioether (sulfide) groups is 1. The average Bonchev–Trinajstić information content (AvgIpc) is 3.03.